The maximum atomic E-state index is 12.3. The fourth-order valence-electron chi connectivity index (χ4n) is 3.27. The zero-order chi connectivity index (χ0) is 16.3. The molecule has 1 saturated carbocycles. The molecule has 0 saturated heterocycles. The number of halogens is 1. The van der Waals surface area contributed by atoms with E-state index in [1.54, 1.807) is 5.38 Å². The van der Waals surface area contributed by atoms with Crippen molar-refractivity contribution >= 4 is 33.2 Å². The van der Waals surface area contributed by atoms with Gasteiger partial charge < -0.3 is 11.1 Å². The standard InChI is InChI=1S/C17H20BrN3OS/c18-13-5-3-12(4-6-13)17(7-1-2-8-17)11-20-16(22)14-10-23-15(9-19)21-14/h3-6,10H,1-2,7-9,11,19H2,(H,20,22). The van der Waals surface area contributed by atoms with Gasteiger partial charge in [-0.3, -0.25) is 4.79 Å². The number of benzene rings is 1. The third-order valence-corrected chi connectivity index (χ3v) is 5.96. The number of amides is 1. The first-order valence-electron chi connectivity index (χ1n) is 7.82. The Balaban J connectivity index is 1.72. The van der Waals surface area contributed by atoms with Gasteiger partial charge in [0.05, 0.1) is 0 Å². The number of aromatic nitrogens is 1. The van der Waals surface area contributed by atoms with E-state index in [0.717, 1.165) is 22.3 Å². The normalized spacial score (nSPS) is 16.4. The summed E-state index contributed by atoms with van der Waals surface area (Å²) >= 11 is 4.92. The summed E-state index contributed by atoms with van der Waals surface area (Å²) in [7, 11) is 0. The number of carbonyl (C=O) groups excluding carboxylic acids is 1. The molecule has 1 aliphatic rings. The topological polar surface area (TPSA) is 68.0 Å². The molecule has 0 bridgehead atoms. The maximum Gasteiger partial charge on any atom is 0.270 e. The molecule has 1 aromatic heterocycles. The lowest BCUT2D eigenvalue weighted by Crippen LogP contribution is -2.39. The Labute approximate surface area is 148 Å². The lowest BCUT2D eigenvalue weighted by Gasteiger charge is -2.30. The molecule has 0 atom stereocenters. The van der Waals surface area contributed by atoms with Crippen molar-refractivity contribution in [1.29, 1.82) is 0 Å². The van der Waals surface area contributed by atoms with Gasteiger partial charge in [-0.2, -0.15) is 0 Å². The molecule has 1 aromatic carbocycles. The van der Waals surface area contributed by atoms with Crippen LogP contribution in [0.15, 0.2) is 34.1 Å². The minimum atomic E-state index is -0.107. The highest BCUT2D eigenvalue weighted by Crippen LogP contribution is 2.41. The molecule has 1 heterocycles. The molecule has 6 heteroatoms. The largest absolute Gasteiger partial charge is 0.350 e. The number of hydrogen-bond donors (Lipinski definition) is 2. The smallest absolute Gasteiger partial charge is 0.270 e. The molecule has 0 spiro atoms. The number of hydrogen-bond acceptors (Lipinski definition) is 4. The molecular formula is C17H20BrN3OS. The molecule has 3 N–H and O–H groups in total. The number of thiazole rings is 1. The van der Waals surface area contributed by atoms with Crippen LogP contribution in [0.3, 0.4) is 0 Å². The molecule has 0 radical (unpaired) electrons. The minimum Gasteiger partial charge on any atom is -0.350 e. The van der Waals surface area contributed by atoms with Crippen LogP contribution in [-0.4, -0.2) is 17.4 Å². The van der Waals surface area contributed by atoms with Crippen molar-refractivity contribution in [2.45, 2.75) is 37.6 Å². The Hall–Kier alpha value is -1.24. The molecule has 0 unspecified atom stereocenters. The van der Waals surface area contributed by atoms with E-state index in [0.29, 0.717) is 18.8 Å². The zero-order valence-electron chi connectivity index (χ0n) is 12.8. The van der Waals surface area contributed by atoms with E-state index in [9.17, 15) is 4.79 Å². The predicted octanol–water partition coefficient (Wildman–Crippen LogP) is 3.61. The highest BCUT2D eigenvalue weighted by molar-refractivity contribution is 9.10. The molecule has 0 aliphatic heterocycles. The highest BCUT2D eigenvalue weighted by Gasteiger charge is 2.36. The molecular weight excluding hydrogens is 374 g/mol. The molecule has 1 aliphatic carbocycles. The van der Waals surface area contributed by atoms with Crippen molar-refractivity contribution in [1.82, 2.24) is 10.3 Å². The lowest BCUT2D eigenvalue weighted by molar-refractivity contribution is 0.0938. The van der Waals surface area contributed by atoms with E-state index in [-0.39, 0.29) is 11.3 Å². The average Bonchev–Trinajstić information content (AvgIpc) is 3.23. The molecule has 1 amide bonds. The summed E-state index contributed by atoms with van der Waals surface area (Å²) in [5, 5.41) is 5.65. The first-order valence-corrected chi connectivity index (χ1v) is 9.49. The molecule has 1 fully saturated rings. The van der Waals surface area contributed by atoms with Crippen LogP contribution >= 0.6 is 27.3 Å². The molecule has 2 aromatic rings. The van der Waals surface area contributed by atoms with Crippen LogP contribution in [0.2, 0.25) is 0 Å². The third-order valence-electron chi connectivity index (χ3n) is 4.56. The van der Waals surface area contributed by atoms with Crippen molar-refractivity contribution in [3.63, 3.8) is 0 Å². The Morgan fingerprint density at radius 1 is 1.30 bits per heavy atom. The second-order valence-corrected chi connectivity index (χ2v) is 7.87. The van der Waals surface area contributed by atoms with Crippen molar-refractivity contribution in [2.75, 3.05) is 6.54 Å². The molecule has 122 valence electrons. The van der Waals surface area contributed by atoms with Gasteiger partial charge in [-0.05, 0) is 30.5 Å². The van der Waals surface area contributed by atoms with Crippen molar-refractivity contribution < 1.29 is 4.79 Å². The third kappa shape index (κ3) is 3.65. The van der Waals surface area contributed by atoms with E-state index in [4.69, 9.17) is 5.73 Å². The van der Waals surface area contributed by atoms with Gasteiger partial charge in [0.15, 0.2) is 0 Å². The number of carbonyl (C=O) groups is 1. The van der Waals surface area contributed by atoms with E-state index in [1.165, 1.54) is 29.7 Å². The Kier molecular flexibility index (Phi) is 5.14. The zero-order valence-corrected chi connectivity index (χ0v) is 15.3. The summed E-state index contributed by atoms with van der Waals surface area (Å²) in [6.07, 6.45) is 4.64. The van der Waals surface area contributed by atoms with E-state index < -0.39 is 0 Å². The average molecular weight is 394 g/mol. The van der Waals surface area contributed by atoms with Crippen LogP contribution in [0.5, 0.6) is 0 Å². The van der Waals surface area contributed by atoms with Gasteiger partial charge in [-0.15, -0.1) is 11.3 Å². The molecule has 3 rings (SSSR count). The monoisotopic (exact) mass is 393 g/mol. The molecule has 23 heavy (non-hydrogen) atoms. The van der Waals surface area contributed by atoms with Gasteiger partial charge in [0.1, 0.15) is 10.7 Å². The van der Waals surface area contributed by atoms with E-state index in [1.807, 2.05) is 0 Å². The fourth-order valence-corrected chi connectivity index (χ4v) is 4.19. The van der Waals surface area contributed by atoms with Gasteiger partial charge >= 0.3 is 0 Å². The van der Waals surface area contributed by atoms with Gasteiger partial charge in [0.25, 0.3) is 5.91 Å². The SMILES string of the molecule is NCc1nc(C(=O)NCC2(c3ccc(Br)cc3)CCCC2)cs1. The quantitative estimate of drug-likeness (QED) is 0.814. The Morgan fingerprint density at radius 3 is 2.61 bits per heavy atom. The minimum absolute atomic E-state index is 0.0447. The Morgan fingerprint density at radius 2 is 2.00 bits per heavy atom. The van der Waals surface area contributed by atoms with Gasteiger partial charge in [-0.25, -0.2) is 4.98 Å². The predicted molar refractivity (Wildman–Crippen MR) is 96.6 cm³/mol. The first kappa shape index (κ1) is 16.6. The van der Waals surface area contributed by atoms with E-state index in [2.05, 4.69) is 50.5 Å². The van der Waals surface area contributed by atoms with Crippen LogP contribution in [0, 0.1) is 0 Å². The van der Waals surface area contributed by atoms with Gasteiger partial charge in [0.2, 0.25) is 0 Å². The van der Waals surface area contributed by atoms with Crippen LogP contribution in [0.1, 0.15) is 46.7 Å². The number of rotatable bonds is 5. The summed E-state index contributed by atoms with van der Waals surface area (Å²) in [6, 6.07) is 8.48. The van der Waals surface area contributed by atoms with Gasteiger partial charge in [-0.1, -0.05) is 40.9 Å². The van der Waals surface area contributed by atoms with Crippen LogP contribution < -0.4 is 11.1 Å². The van der Waals surface area contributed by atoms with E-state index >= 15 is 0 Å². The van der Waals surface area contributed by atoms with Crippen LogP contribution in [0.4, 0.5) is 0 Å². The summed E-state index contributed by atoms with van der Waals surface area (Å²) in [6.45, 7) is 1.03. The van der Waals surface area contributed by atoms with Crippen LogP contribution in [-0.2, 0) is 12.0 Å². The summed E-state index contributed by atoms with van der Waals surface area (Å²) in [5.41, 5.74) is 7.38. The van der Waals surface area contributed by atoms with Crippen molar-refractivity contribution in [3.05, 3.63) is 50.4 Å². The van der Waals surface area contributed by atoms with Crippen molar-refractivity contribution in [2.24, 2.45) is 5.73 Å². The fraction of sp³-hybridized carbons (Fsp3) is 0.412. The first-order chi connectivity index (χ1) is 11.1. The van der Waals surface area contributed by atoms with Crippen LogP contribution in [0.25, 0.3) is 0 Å². The second kappa shape index (κ2) is 7.11. The van der Waals surface area contributed by atoms with Crippen molar-refractivity contribution in [3.8, 4) is 0 Å². The summed E-state index contributed by atoms with van der Waals surface area (Å²) < 4.78 is 1.08. The second-order valence-electron chi connectivity index (χ2n) is 6.01. The highest BCUT2D eigenvalue weighted by atomic mass is 79.9. The van der Waals surface area contributed by atoms with Gasteiger partial charge in [0, 0.05) is 28.4 Å². The number of nitrogens with zero attached hydrogens (tertiary/aromatic N) is 1. The number of nitrogens with one attached hydrogen (secondary N) is 1. The summed E-state index contributed by atoms with van der Waals surface area (Å²) in [4.78, 5) is 16.6. The molecule has 4 nitrogen and oxygen atoms in total. The summed E-state index contributed by atoms with van der Waals surface area (Å²) in [5.74, 6) is -0.107. The Bertz CT molecular complexity index is 677. The maximum absolute atomic E-state index is 12.3. The lowest BCUT2D eigenvalue weighted by atomic mass is 9.79. The number of nitrogens with two attached hydrogens (primary N) is 1.